The van der Waals surface area contributed by atoms with Crippen molar-refractivity contribution in [2.45, 2.75) is 57.4 Å². The van der Waals surface area contributed by atoms with Crippen molar-refractivity contribution >= 4 is 11.9 Å². The summed E-state index contributed by atoms with van der Waals surface area (Å²) in [6.07, 6.45) is 4.87. The largest absolute Gasteiger partial charge is 0.496 e. The summed E-state index contributed by atoms with van der Waals surface area (Å²) in [5.74, 6) is 0.401. The molecule has 0 saturated carbocycles. The summed E-state index contributed by atoms with van der Waals surface area (Å²) in [5, 5.41) is 10.5. The highest BCUT2D eigenvalue weighted by Gasteiger charge is 2.47. The van der Waals surface area contributed by atoms with Crippen LogP contribution >= 0.6 is 0 Å². The predicted molar refractivity (Wildman–Crippen MR) is 153 cm³/mol. The van der Waals surface area contributed by atoms with Crippen LogP contribution in [0, 0.1) is 5.92 Å². The molecule has 0 aromatic heterocycles. The molecule has 1 saturated heterocycles. The second-order valence-corrected chi connectivity index (χ2v) is 10.7. The van der Waals surface area contributed by atoms with Crippen LogP contribution in [-0.4, -0.2) is 79.5 Å². The highest BCUT2D eigenvalue weighted by Crippen LogP contribution is 2.43. The third-order valence-corrected chi connectivity index (χ3v) is 8.10. The zero-order chi connectivity index (χ0) is 28.5. The molecule has 0 spiro atoms. The minimum atomic E-state index is -0.842. The number of benzene rings is 2. The Morgan fingerprint density at radius 3 is 2.62 bits per heavy atom. The van der Waals surface area contributed by atoms with Crippen LogP contribution in [0.5, 0.6) is 17.2 Å². The molecule has 218 valence electrons. The zero-order valence-corrected chi connectivity index (χ0v) is 23.7. The van der Waals surface area contributed by atoms with Gasteiger partial charge in [0.15, 0.2) is 11.5 Å². The molecule has 2 aliphatic heterocycles. The average Bonchev–Trinajstić information content (AvgIpc) is 3.57. The topological polar surface area (TPSA) is 115 Å². The number of ether oxygens (including phenoxy) is 3. The molecule has 2 aromatic carbocycles. The molecular weight excluding hydrogens is 510 g/mol. The van der Waals surface area contributed by atoms with Gasteiger partial charge in [-0.05, 0) is 68.0 Å². The molecule has 2 heterocycles. The minimum absolute atomic E-state index is 0.0344. The number of aryl methyl sites for hydroxylation is 1. The fourth-order valence-corrected chi connectivity index (χ4v) is 6.01. The standard InChI is InChI=1S/C31H43N3O6/c1-3-4-16-33(17-8-15-32)29(35)20-34-19-24(23-13-14-27-28(18-23)40-21-39-27)30(31(36)37)25(34)11-7-10-22-9-5-6-12-26(22)38-2/h5-6,9,12-14,18,24-25,30H,3-4,7-8,10-11,15-17,19-21,32H2,1-2H3,(H,36,37)/t24-,25+,30?/m1/s1. The van der Waals surface area contributed by atoms with E-state index >= 15 is 0 Å². The Morgan fingerprint density at radius 2 is 1.88 bits per heavy atom. The number of carbonyl (C=O) groups is 2. The molecule has 3 atom stereocenters. The number of methoxy groups -OCH3 is 1. The lowest BCUT2D eigenvalue weighted by Crippen LogP contribution is -2.45. The van der Waals surface area contributed by atoms with Crippen molar-refractivity contribution < 1.29 is 28.9 Å². The maximum absolute atomic E-state index is 13.6. The molecule has 9 heteroatoms. The number of rotatable bonds is 15. The monoisotopic (exact) mass is 553 g/mol. The Bertz CT molecular complexity index is 1130. The number of likely N-dealkylation sites (tertiary alicyclic amines) is 1. The van der Waals surface area contributed by atoms with Gasteiger partial charge in [0.25, 0.3) is 0 Å². The average molecular weight is 554 g/mol. The second kappa shape index (κ2) is 14.4. The van der Waals surface area contributed by atoms with E-state index in [4.69, 9.17) is 19.9 Å². The quantitative estimate of drug-likeness (QED) is 0.341. The van der Waals surface area contributed by atoms with E-state index in [1.165, 1.54) is 0 Å². The van der Waals surface area contributed by atoms with Gasteiger partial charge in [-0.15, -0.1) is 0 Å². The lowest BCUT2D eigenvalue weighted by atomic mass is 9.83. The van der Waals surface area contributed by atoms with E-state index in [2.05, 4.69) is 11.8 Å². The second-order valence-electron chi connectivity index (χ2n) is 10.7. The van der Waals surface area contributed by atoms with Crippen LogP contribution in [0.4, 0.5) is 0 Å². The van der Waals surface area contributed by atoms with Gasteiger partial charge in [0, 0.05) is 31.6 Å². The number of hydrogen-bond donors (Lipinski definition) is 2. The maximum Gasteiger partial charge on any atom is 0.308 e. The number of carboxylic acids is 1. The lowest BCUT2D eigenvalue weighted by Gasteiger charge is -2.30. The Balaban J connectivity index is 1.57. The van der Waals surface area contributed by atoms with Gasteiger partial charge in [-0.2, -0.15) is 0 Å². The van der Waals surface area contributed by atoms with Crippen LogP contribution in [0.3, 0.4) is 0 Å². The van der Waals surface area contributed by atoms with E-state index < -0.39 is 11.9 Å². The summed E-state index contributed by atoms with van der Waals surface area (Å²) < 4.78 is 16.6. The van der Waals surface area contributed by atoms with Gasteiger partial charge in [0.2, 0.25) is 12.7 Å². The van der Waals surface area contributed by atoms with Crippen molar-refractivity contribution in [2.75, 3.05) is 46.6 Å². The first-order valence-corrected chi connectivity index (χ1v) is 14.4. The van der Waals surface area contributed by atoms with Gasteiger partial charge in [0.05, 0.1) is 19.6 Å². The van der Waals surface area contributed by atoms with E-state index in [1.807, 2.05) is 47.4 Å². The molecule has 9 nitrogen and oxygen atoms in total. The van der Waals surface area contributed by atoms with Crippen molar-refractivity contribution in [1.29, 1.82) is 0 Å². The number of hydrogen-bond acceptors (Lipinski definition) is 7. The van der Waals surface area contributed by atoms with Crippen LogP contribution in [0.1, 0.15) is 56.1 Å². The van der Waals surface area contributed by atoms with E-state index in [-0.39, 0.29) is 31.2 Å². The van der Waals surface area contributed by atoms with Crippen LogP contribution in [0.15, 0.2) is 42.5 Å². The molecule has 1 amide bonds. The molecule has 3 N–H and O–H groups in total. The fourth-order valence-electron chi connectivity index (χ4n) is 6.01. The lowest BCUT2D eigenvalue weighted by molar-refractivity contribution is -0.143. The molecule has 1 fully saturated rings. The number of fused-ring (bicyclic) bond motifs is 1. The number of carboxylic acid groups (broad SMARTS) is 1. The third-order valence-electron chi connectivity index (χ3n) is 8.10. The van der Waals surface area contributed by atoms with Crippen LogP contribution < -0.4 is 19.9 Å². The Morgan fingerprint density at radius 1 is 1.10 bits per heavy atom. The van der Waals surface area contributed by atoms with Crippen molar-refractivity contribution in [3.8, 4) is 17.2 Å². The molecule has 0 aliphatic carbocycles. The molecule has 1 unspecified atom stereocenters. The van der Waals surface area contributed by atoms with Gasteiger partial charge in [-0.1, -0.05) is 37.6 Å². The summed E-state index contributed by atoms with van der Waals surface area (Å²) in [6, 6.07) is 13.3. The number of unbranched alkanes of at least 4 members (excludes halogenated alkanes) is 1. The number of nitrogens with zero attached hydrogens (tertiary/aromatic N) is 2. The normalized spacial score (nSPS) is 20.0. The summed E-state index contributed by atoms with van der Waals surface area (Å²) >= 11 is 0. The van der Waals surface area contributed by atoms with Crippen molar-refractivity contribution in [1.82, 2.24) is 9.80 Å². The summed E-state index contributed by atoms with van der Waals surface area (Å²) in [4.78, 5) is 30.3. The number of para-hydroxylation sites is 1. The van der Waals surface area contributed by atoms with Gasteiger partial charge in [-0.25, -0.2) is 0 Å². The van der Waals surface area contributed by atoms with Gasteiger partial charge < -0.3 is 30.0 Å². The summed E-state index contributed by atoms with van der Waals surface area (Å²) in [6.45, 7) is 4.79. The van der Waals surface area contributed by atoms with Gasteiger partial charge >= 0.3 is 5.97 Å². The highest BCUT2D eigenvalue weighted by atomic mass is 16.7. The van der Waals surface area contributed by atoms with Gasteiger partial charge in [0.1, 0.15) is 5.75 Å². The molecule has 0 radical (unpaired) electrons. The van der Waals surface area contributed by atoms with Crippen LogP contribution in [0.2, 0.25) is 0 Å². The van der Waals surface area contributed by atoms with E-state index in [0.29, 0.717) is 44.1 Å². The Kier molecular flexibility index (Phi) is 10.7. The first kappa shape index (κ1) is 29.7. The SMILES string of the molecule is CCCCN(CCCN)C(=O)CN1C[C@H](c2ccc3c(c2)OCO3)C(C(=O)O)[C@@H]1CCCc1ccccc1OC. The van der Waals surface area contributed by atoms with Gasteiger partial charge in [-0.3, -0.25) is 14.5 Å². The number of carbonyl (C=O) groups excluding carboxylic acids is 1. The Labute approximate surface area is 237 Å². The van der Waals surface area contributed by atoms with Crippen LogP contribution in [-0.2, 0) is 16.0 Å². The molecule has 2 aliphatic rings. The van der Waals surface area contributed by atoms with Crippen LogP contribution in [0.25, 0.3) is 0 Å². The minimum Gasteiger partial charge on any atom is -0.496 e. The van der Waals surface area contributed by atoms with E-state index in [9.17, 15) is 14.7 Å². The Hall–Kier alpha value is -3.30. The highest BCUT2D eigenvalue weighted by molar-refractivity contribution is 5.79. The van der Waals surface area contributed by atoms with Crippen molar-refractivity contribution in [2.24, 2.45) is 11.7 Å². The first-order chi connectivity index (χ1) is 19.5. The molecule has 40 heavy (non-hydrogen) atoms. The zero-order valence-electron chi connectivity index (χ0n) is 23.7. The fraction of sp³-hybridized carbons (Fsp3) is 0.548. The van der Waals surface area contributed by atoms with E-state index in [0.717, 1.165) is 49.0 Å². The van der Waals surface area contributed by atoms with Crippen molar-refractivity contribution in [3.63, 3.8) is 0 Å². The smallest absolute Gasteiger partial charge is 0.308 e. The maximum atomic E-state index is 13.6. The predicted octanol–water partition coefficient (Wildman–Crippen LogP) is 3.89. The van der Waals surface area contributed by atoms with E-state index in [1.54, 1.807) is 7.11 Å². The molecular formula is C31H43N3O6. The summed E-state index contributed by atoms with van der Waals surface area (Å²) in [7, 11) is 1.66. The van der Waals surface area contributed by atoms with Crippen molar-refractivity contribution in [3.05, 3.63) is 53.6 Å². The molecule has 2 aromatic rings. The molecule has 0 bridgehead atoms. The number of aliphatic carboxylic acids is 1. The third kappa shape index (κ3) is 7.06. The number of nitrogens with two attached hydrogens (primary N) is 1. The number of amides is 1. The molecule has 4 rings (SSSR count). The first-order valence-electron chi connectivity index (χ1n) is 14.4. The summed E-state index contributed by atoms with van der Waals surface area (Å²) in [5.41, 5.74) is 7.74.